The van der Waals surface area contributed by atoms with E-state index >= 15 is 0 Å². The van der Waals surface area contributed by atoms with E-state index in [2.05, 4.69) is 65.7 Å². The van der Waals surface area contributed by atoms with E-state index in [1.165, 1.54) is 78.8 Å². The number of ether oxygens (including phenoxy) is 1. The van der Waals surface area contributed by atoms with Crippen molar-refractivity contribution in [3.05, 3.63) is 88.5 Å². The van der Waals surface area contributed by atoms with Crippen LogP contribution in [0.4, 0.5) is 5.69 Å². The lowest BCUT2D eigenvalue weighted by molar-refractivity contribution is 0.289. The van der Waals surface area contributed by atoms with Crippen LogP contribution in [0.2, 0.25) is 0 Å². The lowest BCUT2D eigenvalue weighted by atomic mass is 9.79. The van der Waals surface area contributed by atoms with Crippen molar-refractivity contribution in [2.75, 3.05) is 32.1 Å². The zero-order valence-corrected chi connectivity index (χ0v) is 23.2. The summed E-state index contributed by atoms with van der Waals surface area (Å²) in [5, 5.41) is 13.7. The second kappa shape index (κ2) is 12.7. The van der Waals surface area contributed by atoms with Crippen molar-refractivity contribution < 1.29 is 9.84 Å². The number of nitrogens with one attached hydrogen (secondary N) is 1. The van der Waals surface area contributed by atoms with Crippen molar-refractivity contribution >= 4 is 5.69 Å². The van der Waals surface area contributed by atoms with E-state index in [9.17, 15) is 5.11 Å². The fraction of sp³-hybridized carbons (Fsp3) is 0.471. The van der Waals surface area contributed by atoms with Crippen LogP contribution in [-0.2, 0) is 25.7 Å². The minimum Gasteiger partial charge on any atom is -0.508 e. The molecule has 2 aliphatic rings. The Bertz CT molecular complexity index is 1180. The van der Waals surface area contributed by atoms with E-state index in [0.717, 1.165) is 37.9 Å². The van der Waals surface area contributed by atoms with Crippen LogP contribution in [0.15, 0.2) is 60.7 Å². The van der Waals surface area contributed by atoms with Crippen LogP contribution >= 0.6 is 0 Å². The number of aryl methyl sites for hydroxylation is 1. The molecule has 4 heteroatoms. The van der Waals surface area contributed by atoms with Crippen molar-refractivity contribution in [1.82, 2.24) is 4.90 Å². The Morgan fingerprint density at radius 1 is 0.921 bits per heavy atom. The molecule has 0 bridgehead atoms. The van der Waals surface area contributed by atoms with Crippen LogP contribution in [-0.4, -0.2) is 42.8 Å². The summed E-state index contributed by atoms with van der Waals surface area (Å²) >= 11 is 0. The van der Waals surface area contributed by atoms with E-state index < -0.39 is 0 Å². The van der Waals surface area contributed by atoms with E-state index in [4.69, 9.17) is 4.74 Å². The van der Waals surface area contributed by atoms with Crippen molar-refractivity contribution in [3.8, 4) is 11.5 Å². The number of hydrogen-bond acceptors (Lipinski definition) is 4. The molecule has 2 N–H and O–H groups in total. The van der Waals surface area contributed by atoms with Gasteiger partial charge in [0.25, 0.3) is 0 Å². The molecule has 3 aromatic carbocycles. The molecule has 0 aromatic heterocycles. The maximum Gasteiger partial charge on any atom is 0.120 e. The first-order chi connectivity index (χ1) is 18.6. The van der Waals surface area contributed by atoms with E-state index in [1.54, 1.807) is 7.11 Å². The highest BCUT2D eigenvalue weighted by Gasteiger charge is 2.23. The summed E-state index contributed by atoms with van der Waals surface area (Å²) in [6.45, 7) is 5.99. The molecule has 2 unspecified atom stereocenters. The van der Waals surface area contributed by atoms with Crippen LogP contribution in [0, 0.1) is 0 Å². The Labute approximate surface area is 229 Å². The molecule has 38 heavy (non-hydrogen) atoms. The minimum absolute atomic E-state index is 0.302. The molecular weight excluding hydrogens is 468 g/mol. The topological polar surface area (TPSA) is 44.7 Å². The third-order valence-corrected chi connectivity index (χ3v) is 8.50. The summed E-state index contributed by atoms with van der Waals surface area (Å²) in [6.07, 6.45) is 10.7. The van der Waals surface area contributed by atoms with Gasteiger partial charge >= 0.3 is 0 Å². The standard InChI is InChI=1S/C34H44N2O2/c1-25(21-27-9-7-26(8-10-27)17-20-36-18-5-3-4-6-19-36)35-34-24-32(38-2)15-16-33(34)30-12-11-29-23-31(37)14-13-28(29)22-30/h7-10,13-16,23-25,30,35,37H,3-6,11-12,17-22H2,1-2H3. The monoisotopic (exact) mass is 512 g/mol. The van der Waals surface area contributed by atoms with Crippen LogP contribution in [0.25, 0.3) is 0 Å². The number of aromatic hydroxyl groups is 1. The molecule has 1 aliphatic heterocycles. The van der Waals surface area contributed by atoms with Gasteiger partial charge in [0.05, 0.1) is 7.11 Å². The van der Waals surface area contributed by atoms with Crippen LogP contribution < -0.4 is 10.1 Å². The number of nitrogens with zero attached hydrogens (tertiary/aromatic N) is 1. The van der Waals surface area contributed by atoms with Gasteiger partial charge in [-0.3, -0.25) is 0 Å². The van der Waals surface area contributed by atoms with E-state index in [0.29, 0.717) is 17.7 Å². The predicted molar refractivity (Wildman–Crippen MR) is 158 cm³/mol. The summed E-state index contributed by atoms with van der Waals surface area (Å²) in [5.74, 6) is 1.71. The highest BCUT2D eigenvalue weighted by Crippen LogP contribution is 2.38. The summed E-state index contributed by atoms with van der Waals surface area (Å²) < 4.78 is 5.58. The molecule has 0 saturated carbocycles. The number of rotatable bonds is 9. The molecule has 1 fully saturated rings. The molecule has 0 amide bonds. The Morgan fingerprint density at radius 3 is 2.45 bits per heavy atom. The lowest BCUT2D eigenvalue weighted by Crippen LogP contribution is -2.26. The highest BCUT2D eigenvalue weighted by atomic mass is 16.5. The summed E-state index contributed by atoms with van der Waals surface area (Å²) in [7, 11) is 1.74. The first-order valence-corrected chi connectivity index (χ1v) is 14.6. The van der Waals surface area contributed by atoms with Gasteiger partial charge in [-0.2, -0.15) is 0 Å². The summed E-state index contributed by atoms with van der Waals surface area (Å²) in [5.41, 5.74) is 8.00. The fourth-order valence-electron chi connectivity index (χ4n) is 6.31. The molecular formula is C34H44N2O2. The van der Waals surface area contributed by atoms with Gasteiger partial charge in [-0.05, 0) is 117 Å². The Hall–Kier alpha value is -2.98. The highest BCUT2D eigenvalue weighted by molar-refractivity contribution is 5.58. The number of hydrogen-bond donors (Lipinski definition) is 2. The maximum atomic E-state index is 9.87. The van der Waals surface area contributed by atoms with Gasteiger partial charge in [0.2, 0.25) is 0 Å². The van der Waals surface area contributed by atoms with Crippen molar-refractivity contribution in [3.63, 3.8) is 0 Å². The summed E-state index contributed by atoms with van der Waals surface area (Å²) in [4.78, 5) is 2.65. The zero-order valence-electron chi connectivity index (χ0n) is 23.2. The molecule has 1 heterocycles. The van der Waals surface area contributed by atoms with Gasteiger partial charge in [-0.25, -0.2) is 0 Å². The van der Waals surface area contributed by atoms with Gasteiger partial charge < -0.3 is 20.1 Å². The first kappa shape index (κ1) is 26.6. The molecule has 202 valence electrons. The molecule has 5 rings (SSSR count). The van der Waals surface area contributed by atoms with E-state index in [1.807, 2.05) is 12.1 Å². The fourth-order valence-corrected chi connectivity index (χ4v) is 6.31. The average Bonchev–Trinajstić information content (AvgIpc) is 3.21. The average molecular weight is 513 g/mol. The Morgan fingerprint density at radius 2 is 1.68 bits per heavy atom. The van der Waals surface area contributed by atoms with Crippen molar-refractivity contribution in [2.45, 2.75) is 76.7 Å². The Balaban J connectivity index is 1.21. The largest absolute Gasteiger partial charge is 0.508 e. The second-order valence-corrected chi connectivity index (χ2v) is 11.4. The molecule has 4 nitrogen and oxygen atoms in total. The Kier molecular flexibility index (Phi) is 8.90. The first-order valence-electron chi connectivity index (χ1n) is 14.6. The third-order valence-electron chi connectivity index (χ3n) is 8.50. The van der Waals surface area contributed by atoms with Gasteiger partial charge in [0, 0.05) is 24.3 Å². The maximum absolute atomic E-state index is 9.87. The molecule has 0 radical (unpaired) electrons. The van der Waals surface area contributed by atoms with Gasteiger partial charge in [-0.1, -0.05) is 49.2 Å². The number of anilines is 1. The minimum atomic E-state index is 0.302. The van der Waals surface area contributed by atoms with Crippen LogP contribution in [0.1, 0.15) is 72.8 Å². The molecule has 1 aliphatic carbocycles. The summed E-state index contributed by atoms with van der Waals surface area (Å²) in [6, 6.07) is 21.9. The zero-order chi connectivity index (χ0) is 26.3. The third kappa shape index (κ3) is 6.91. The number of likely N-dealkylation sites (tertiary alicyclic amines) is 1. The van der Waals surface area contributed by atoms with Crippen molar-refractivity contribution in [2.24, 2.45) is 0 Å². The van der Waals surface area contributed by atoms with E-state index in [-0.39, 0.29) is 0 Å². The van der Waals surface area contributed by atoms with Crippen molar-refractivity contribution in [1.29, 1.82) is 0 Å². The predicted octanol–water partition coefficient (Wildman–Crippen LogP) is 7.13. The van der Waals surface area contributed by atoms with Crippen LogP contribution in [0.3, 0.4) is 0 Å². The number of benzene rings is 3. The molecule has 3 aromatic rings. The molecule has 0 spiro atoms. The quantitative estimate of drug-likeness (QED) is 0.320. The number of fused-ring (bicyclic) bond motifs is 1. The van der Waals surface area contributed by atoms with Gasteiger partial charge in [0.1, 0.15) is 11.5 Å². The number of phenols is 1. The van der Waals surface area contributed by atoms with Crippen LogP contribution in [0.5, 0.6) is 11.5 Å². The molecule has 1 saturated heterocycles. The lowest BCUT2D eigenvalue weighted by Gasteiger charge is -2.28. The van der Waals surface area contributed by atoms with Gasteiger partial charge in [-0.15, -0.1) is 0 Å². The SMILES string of the molecule is COc1ccc(C2CCc3cc(O)ccc3C2)c(NC(C)Cc2ccc(CCN3CCCCCC3)cc2)c1. The normalized spacial score (nSPS) is 18.8. The number of phenolic OH excluding ortho intramolecular Hbond substituents is 1. The second-order valence-electron chi connectivity index (χ2n) is 11.4. The van der Waals surface area contributed by atoms with Gasteiger partial charge in [0.15, 0.2) is 0 Å². The molecule has 2 atom stereocenters. The number of methoxy groups -OCH3 is 1. The smallest absolute Gasteiger partial charge is 0.120 e.